The molecule has 2 aromatic carbocycles. The third kappa shape index (κ3) is 5.69. The van der Waals surface area contributed by atoms with E-state index in [0.29, 0.717) is 25.4 Å². The molecule has 0 aliphatic carbocycles. The van der Waals surface area contributed by atoms with E-state index >= 15 is 0 Å². The van der Waals surface area contributed by atoms with E-state index in [9.17, 15) is 17.6 Å². The minimum absolute atomic E-state index is 0.102. The van der Waals surface area contributed by atoms with Gasteiger partial charge in [0, 0.05) is 29.7 Å². The predicted molar refractivity (Wildman–Crippen MR) is 90.6 cm³/mol. The van der Waals surface area contributed by atoms with Gasteiger partial charge in [-0.15, -0.1) is 0 Å². The number of rotatable bonds is 7. The number of benzene rings is 2. The first-order valence-electron chi connectivity index (χ1n) is 7.49. The van der Waals surface area contributed by atoms with Crippen LogP contribution in [-0.2, 0) is 19.3 Å². The molecule has 0 saturated heterocycles. The van der Waals surface area contributed by atoms with E-state index in [0.717, 1.165) is 22.2 Å². The van der Waals surface area contributed by atoms with Gasteiger partial charge in [-0.3, -0.25) is 0 Å². The maximum Gasteiger partial charge on any atom is 0.419 e. The summed E-state index contributed by atoms with van der Waals surface area (Å²) in [5.74, 6) is -0.767. The van der Waals surface area contributed by atoms with Gasteiger partial charge in [0.2, 0.25) is 0 Å². The standard InChI is InChI=1S/C17H17BrF4N2O/c18-13-2-4-16(12(8-13)9-24-6-5-23)25-10-11-1-3-15(19)14(7-11)17(20,21)22/h1-4,7-8,24H,5-6,9-10,23H2. The molecule has 2 aromatic rings. The maximum absolute atomic E-state index is 13.3. The topological polar surface area (TPSA) is 47.3 Å². The summed E-state index contributed by atoms with van der Waals surface area (Å²) in [7, 11) is 0. The van der Waals surface area contributed by atoms with Crippen molar-refractivity contribution in [1.82, 2.24) is 5.32 Å². The van der Waals surface area contributed by atoms with E-state index in [2.05, 4.69) is 21.2 Å². The Morgan fingerprint density at radius 2 is 1.88 bits per heavy atom. The van der Waals surface area contributed by atoms with Crippen LogP contribution in [0.15, 0.2) is 40.9 Å². The van der Waals surface area contributed by atoms with Crippen molar-refractivity contribution in [3.8, 4) is 5.75 Å². The molecule has 0 aliphatic rings. The summed E-state index contributed by atoms with van der Waals surface area (Å²) in [6.45, 7) is 1.51. The fourth-order valence-corrected chi connectivity index (χ4v) is 2.60. The summed E-state index contributed by atoms with van der Waals surface area (Å²) < 4.78 is 58.1. The van der Waals surface area contributed by atoms with Crippen LogP contribution in [0.25, 0.3) is 0 Å². The normalized spacial score (nSPS) is 11.6. The Morgan fingerprint density at radius 1 is 1.12 bits per heavy atom. The number of ether oxygens (including phenoxy) is 1. The molecule has 3 nitrogen and oxygen atoms in total. The SMILES string of the molecule is NCCNCc1cc(Br)ccc1OCc1ccc(F)c(C(F)(F)F)c1. The molecule has 0 amide bonds. The molecule has 25 heavy (non-hydrogen) atoms. The molecule has 0 spiro atoms. The van der Waals surface area contributed by atoms with Crippen LogP contribution in [-0.4, -0.2) is 13.1 Å². The Morgan fingerprint density at radius 3 is 2.56 bits per heavy atom. The highest BCUT2D eigenvalue weighted by Crippen LogP contribution is 2.32. The molecule has 0 atom stereocenters. The largest absolute Gasteiger partial charge is 0.489 e. The predicted octanol–water partition coefficient (Wildman–Crippen LogP) is 4.23. The van der Waals surface area contributed by atoms with Crippen LogP contribution < -0.4 is 15.8 Å². The van der Waals surface area contributed by atoms with Gasteiger partial charge in [-0.1, -0.05) is 22.0 Å². The minimum Gasteiger partial charge on any atom is -0.489 e. The lowest BCUT2D eigenvalue weighted by atomic mass is 10.1. The van der Waals surface area contributed by atoms with Crippen molar-refractivity contribution in [2.24, 2.45) is 5.73 Å². The van der Waals surface area contributed by atoms with E-state index in [1.807, 2.05) is 6.07 Å². The second kappa shape index (κ2) is 8.64. The van der Waals surface area contributed by atoms with Gasteiger partial charge in [-0.05, 0) is 35.9 Å². The van der Waals surface area contributed by atoms with Crippen molar-refractivity contribution in [3.05, 3.63) is 63.4 Å². The van der Waals surface area contributed by atoms with Gasteiger partial charge in [0.05, 0.1) is 5.56 Å². The van der Waals surface area contributed by atoms with Crippen molar-refractivity contribution in [3.63, 3.8) is 0 Å². The molecule has 0 saturated carbocycles. The Labute approximate surface area is 151 Å². The molecule has 0 radical (unpaired) electrons. The molecular formula is C17H17BrF4N2O. The van der Waals surface area contributed by atoms with E-state index in [4.69, 9.17) is 10.5 Å². The molecule has 2 rings (SSSR count). The summed E-state index contributed by atoms with van der Waals surface area (Å²) in [6.07, 6.45) is -4.74. The average Bonchev–Trinajstić information content (AvgIpc) is 2.54. The summed E-state index contributed by atoms with van der Waals surface area (Å²) in [4.78, 5) is 0. The van der Waals surface area contributed by atoms with Gasteiger partial charge in [0.25, 0.3) is 0 Å². The monoisotopic (exact) mass is 420 g/mol. The molecule has 0 heterocycles. The van der Waals surface area contributed by atoms with Crippen molar-refractivity contribution >= 4 is 15.9 Å². The Bertz CT molecular complexity index is 722. The fraction of sp³-hybridized carbons (Fsp3) is 0.294. The van der Waals surface area contributed by atoms with Crippen LogP contribution in [0.5, 0.6) is 5.75 Å². The lowest BCUT2D eigenvalue weighted by molar-refractivity contribution is -0.140. The molecule has 3 N–H and O–H groups in total. The van der Waals surface area contributed by atoms with Gasteiger partial charge in [0.15, 0.2) is 0 Å². The smallest absolute Gasteiger partial charge is 0.419 e. The van der Waals surface area contributed by atoms with Crippen LogP contribution >= 0.6 is 15.9 Å². The Balaban J connectivity index is 2.13. The van der Waals surface area contributed by atoms with Gasteiger partial charge in [-0.2, -0.15) is 13.2 Å². The lowest BCUT2D eigenvalue weighted by Crippen LogP contribution is -2.22. The number of halogens is 5. The minimum atomic E-state index is -4.74. The second-order valence-corrected chi connectivity index (χ2v) is 6.23. The lowest BCUT2D eigenvalue weighted by Gasteiger charge is -2.14. The molecule has 136 valence electrons. The zero-order chi connectivity index (χ0) is 18.4. The van der Waals surface area contributed by atoms with Crippen molar-refractivity contribution in [1.29, 1.82) is 0 Å². The van der Waals surface area contributed by atoms with Crippen molar-refractivity contribution < 1.29 is 22.3 Å². The van der Waals surface area contributed by atoms with E-state index < -0.39 is 17.6 Å². The third-order valence-corrected chi connectivity index (χ3v) is 3.88. The summed E-state index contributed by atoms with van der Waals surface area (Å²) in [5.41, 5.74) is 5.20. The first-order valence-corrected chi connectivity index (χ1v) is 8.28. The van der Waals surface area contributed by atoms with Gasteiger partial charge in [-0.25, -0.2) is 4.39 Å². The van der Waals surface area contributed by atoms with Crippen LogP contribution in [0.4, 0.5) is 17.6 Å². The zero-order valence-corrected chi connectivity index (χ0v) is 14.8. The van der Waals surface area contributed by atoms with Gasteiger partial charge >= 0.3 is 6.18 Å². The number of nitrogens with two attached hydrogens (primary N) is 1. The molecule has 0 aromatic heterocycles. The first kappa shape index (κ1) is 19.7. The van der Waals surface area contributed by atoms with Crippen LogP contribution in [0.2, 0.25) is 0 Å². The molecule has 0 unspecified atom stereocenters. The number of alkyl halides is 3. The van der Waals surface area contributed by atoms with E-state index in [1.165, 1.54) is 6.07 Å². The number of nitrogens with one attached hydrogen (secondary N) is 1. The van der Waals surface area contributed by atoms with Crippen LogP contribution in [0.1, 0.15) is 16.7 Å². The highest BCUT2D eigenvalue weighted by atomic mass is 79.9. The third-order valence-electron chi connectivity index (χ3n) is 3.39. The second-order valence-electron chi connectivity index (χ2n) is 5.32. The molecule has 0 fully saturated rings. The van der Waals surface area contributed by atoms with Crippen molar-refractivity contribution in [2.75, 3.05) is 13.1 Å². The van der Waals surface area contributed by atoms with Gasteiger partial charge in [0.1, 0.15) is 18.2 Å². The highest BCUT2D eigenvalue weighted by molar-refractivity contribution is 9.10. The number of hydrogen-bond donors (Lipinski definition) is 2. The van der Waals surface area contributed by atoms with E-state index in [-0.39, 0.29) is 12.2 Å². The summed E-state index contributed by atoms with van der Waals surface area (Å²) in [5, 5.41) is 3.13. The molecular weight excluding hydrogens is 404 g/mol. The first-order chi connectivity index (χ1) is 11.8. The Kier molecular flexibility index (Phi) is 6.80. The fourth-order valence-electron chi connectivity index (χ4n) is 2.19. The van der Waals surface area contributed by atoms with Crippen LogP contribution in [0, 0.1) is 5.82 Å². The molecule has 8 heteroatoms. The maximum atomic E-state index is 13.3. The Hall–Kier alpha value is -1.64. The summed E-state index contributed by atoms with van der Waals surface area (Å²) >= 11 is 3.37. The summed E-state index contributed by atoms with van der Waals surface area (Å²) in [6, 6.07) is 8.18. The van der Waals surface area contributed by atoms with Gasteiger partial charge < -0.3 is 15.8 Å². The van der Waals surface area contributed by atoms with E-state index in [1.54, 1.807) is 12.1 Å². The quantitative estimate of drug-likeness (QED) is 0.520. The van der Waals surface area contributed by atoms with Crippen LogP contribution in [0.3, 0.4) is 0 Å². The van der Waals surface area contributed by atoms with Crippen molar-refractivity contribution in [2.45, 2.75) is 19.3 Å². The molecule has 0 aliphatic heterocycles. The average molecular weight is 421 g/mol. The highest BCUT2D eigenvalue weighted by Gasteiger charge is 2.34. The number of hydrogen-bond acceptors (Lipinski definition) is 3. The zero-order valence-electron chi connectivity index (χ0n) is 13.2. The molecule has 0 bridgehead atoms.